The number of amides is 1. The van der Waals surface area contributed by atoms with Gasteiger partial charge in [0.25, 0.3) is 0 Å². The number of hydrogen-bond acceptors (Lipinski definition) is 3. The van der Waals surface area contributed by atoms with Crippen molar-refractivity contribution >= 4 is 6.09 Å². The Labute approximate surface area is 97.6 Å². The van der Waals surface area contributed by atoms with Crippen molar-refractivity contribution < 1.29 is 14.6 Å². The number of carbonyl (C=O) groups is 1. The minimum Gasteiger partial charge on any atom is -0.444 e. The summed E-state index contributed by atoms with van der Waals surface area (Å²) in [5.41, 5.74) is -0.446. The van der Waals surface area contributed by atoms with Gasteiger partial charge in [-0.2, -0.15) is 0 Å². The van der Waals surface area contributed by atoms with E-state index in [0.717, 1.165) is 12.8 Å². The first-order valence-corrected chi connectivity index (χ1v) is 5.99. The van der Waals surface area contributed by atoms with Gasteiger partial charge in [0.1, 0.15) is 5.60 Å². The van der Waals surface area contributed by atoms with E-state index in [0.29, 0.717) is 13.1 Å². The summed E-state index contributed by atoms with van der Waals surface area (Å²) in [6, 6.07) is 0. The second-order valence-corrected chi connectivity index (χ2v) is 5.45. The van der Waals surface area contributed by atoms with Crippen LogP contribution in [0.5, 0.6) is 0 Å². The molecule has 0 aromatic carbocycles. The van der Waals surface area contributed by atoms with Crippen LogP contribution in [0.2, 0.25) is 0 Å². The smallest absolute Gasteiger partial charge is 0.410 e. The van der Waals surface area contributed by atoms with Crippen LogP contribution in [0.3, 0.4) is 0 Å². The van der Waals surface area contributed by atoms with E-state index in [1.165, 1.54) is 0 Å². The monoisotopic (exact) mass is 229 g/mol. The molecule has 0 bridgehead atoms. The van der Waals surface area contributed by atoms with E-state index >= 15 is 0 Å². The SMILES string of the molecule is CC[C@H](O)C1CCN(C(=O)OC(C)(C)C)C1. The highest BCUT2D eigenvalue weighted by atomic mass is 16.6. The van der Waals surface area contributed by atoms with Crippen LogP contribution in [-0.2, 0) is 4.74 Å². The second kappa shape index (κ2) is 5.04. The third kappa shape index (κ3) is 3.67. The van der Waals surface area contributed by atoms with Gasteiger partial charge < -0.3 is 14.7 Å². The zero-order valence-electron chi connectivity index (χ0n) is 10.7. The third-order valence-corrected chi connectivity index (χ3v) is 2.84. The molecule has 1 unspecified atom stereocenters. The number of carbonyl (C=O) groups excluding carboxylic acids is 1. The van der Waals surface area contributed by atoms with E-state index in [9.17, 15) is 9.90 Å². The van der Waals surface area contributed by atoms with E-state index in [1.807, 2.05) is 27.7 Å². The molecule has 1 aliphatic rings. The first kappa shape index (κ1) is 13.3. The number of hydrogen-bond donors (Lipinski definition) is 1. The minimum absolute atomic E-state index is 0.206. The largest absolute Gasteiger partial charge is 0.444 e. The van der Waals surface area contributed by atoms with E-state index < -0.39 is 5.60 Å². The maximum Gasteiger partial charge on any atom is 0.410 e. The van der Waals surface area contributed by atoms with Gasteiger partial charge in [0.05, 0.1) is 6.10 Å². The fraction of sp³-hybridized carbons (Fsp3) is 0.917. The molecule has 0 aromatic heterocycles. The molecule has 4 heteroatoms. The average molecular weight is 229 g/mol. The Bertz CT molecular complexity index is 247. The maximum atomic E-state index is 11.7. The topological polar surface area (TPSA) is 49.8 Å². The van der Waals surface area contributed by atoms with Crippen molar-refractivity contribution in [2.24, 2.45) is 5.92 Å². The van der Waals surface area contributed by atoms with E-state index in [1.54, 1.807) is 4.90 Å². The van der Waals surface area contributed by atoms with Gasteiger partial charge in [-0.1, -0.05) is 6.92 Å². The Morgan fingerprint density at radius 1 is 1.56 bits per heavy atom. The lowest BCUT2D eigenvalue weighted by Gasteiger charge is -2.24. The quantitative estimate of drug-likeness (QED) is 0.788. The van der Waals surface area contributed by atoms with Gasteiger partial charge in [-0.05, 0) is 33.6 Å². The van der Waals surface area contributed by atoms with Gasteiger partial charge >= 0.3 is 6.09 Å². The summed E-state index contributed by atoms with van der Waals surface area (Å²) >= 11 is 0. The van der Waals surface area contributed by atoms with Gasteiger partial charge in [-0.3, -0.25) is 0 Å². The predicted molar refractivity (Wildman–Crippen MR) is 62.2 cm³/mol. The Balaban J connectivity index is 2.44. The molecule has 1 rings (SSSR count). The lowest BCUT2D eigenvalue weighted by molar-refractivity contribution is 0.0268. The van der Waals surface area contributed by atoms with Crippen LogP contribution in [-0.4, -0.2) is 40.9 Å². The molecule has 0 aromatic rings. The lowest BCUT2D eigenvalue weighted by atomic mass is 10.00. The van der Waals surface area contributed by atoms with Gasteiger partial charge in [0.15, 0.2) is 0 Å². The zero-order chi connectivity index (χ0) is 12.3. The van der Waals surface area contributed by atoms with Crippen molar-refractivity contribution in [3.63, 3.8) is 0 Å². The van der Waals surface area contributed by atoms with Crippen LogP contribution in [0.4, 0.5) is 4.79 Å². The number of ether oxygens (including phenoxy) is 1. The number of aliphatic hydroxyl groups is 1. The molecule has 1 heterocycles. The average Bonchev–Trinajstić information content (AvgIpc) is 2.62. The Morgan fingerprint density at radius 3 is 2.69 bits per heavy atom. The number of aliphatic hydroxyl groups excluding tert-OH is 1. The van der Waals surface area contributed by atoms with Crippen LogP contribution in [0.15, 0.2) is 0 Å². The first-order chi connectivity index (χ1) is 7.33. The van der Waals surface area contributed by atoms with Gasteiger partial charge in [-0.25, -0.2) is 4.79 Å². The highest BCUT2D eigenvalue weighted by molar-refractivity contribution is 5.68. The number of nitrogens with zero attached hydrogens (tertiary/aromatic N) is 1. The van der Waals surface area contributed by atoms with Crippen molar-refractivity contribution in [1.82, 2.24) is 4.90 Å². The van der Waals surface area contributed by atoms with Crippen molar-refractivity contribution in [3.8, 4) is 0 Å². The van der Waals surface area contributed by atoms with E-state index in [4.69, 9.17) is 4.74 Å². The van der Waals surface area contributed by atoms with Gasteiger partial charge in [0, 0.05) is 19.0 Å². The molecule has 1 fully saturated rings. The molecule has 1 saturated heterocycles. The molecule has 1 amide bonds. The Kier molecular flexibility index (Phi) is 4.19. The first-order valence-electron chi connectivity index (χ1n) is 5.99. The van der Waals surface area contributed by atoms with Crippen LogP contribution in [0, 0.1) is 5.92 Å². The summed E-state index contributed by atoms with van der Waals surface area (Å²) in [7, 11) is 0. The van der Waals surface area contributed by atoms with Crippen molar-refractivity contribution in [3.05, 3.63) is 0 Å². The third-order valence-electron chi connectivity index (χ3n) is 2.84. The maximum absolute atomic E-state index is 11.7. The summed E-state index contributed by atoms with van der Waals surface area (Å²) in [4.78, 5) is 13.4. The van der Waals surface area contributed by atoms with E-state index in [2.05, 4.69) is 0 Å². The lowest BCUT2D eigenvalue weighted by Crippen LogP contribution is -2.36. The van der Waals surface area contributed by atoms with Crippen LogP contribution in [0.25, 0.3) is 0 Å². The normalized spacial score (nSPS) is 23.3. The number of rotatable bonds is 2. The Morgan fingerprint density at radius 2 is 2.19 bits per heavy atom. The summed E-state index contributed by atoms with van der Waals surface area (Å²) in [5.74, 6) is 0.206. The van der Waals surface area contributed by atoms with Crippen LogP contribution >= 0.6 is 0 Å². The van der Waals surface area contributed by atoms with Gasteiger partial charge in [-0.15, -0.1) is 0 Å². The fourth-order valence-corrected chi connectivity index (χ4v) is 1.93. The Hall–Kier alpha value is -0.770. The summed E-state index contributed by atoms with van der Waals surface area (Å²) in [5, 5.41) is 9.71. The van der Waals surface area contributed by atoms with E-state index in [-0.39, 0.29) is 18.1 Å². The standard InChI is InChI=1S/C12H23NO3/c1-5-10(14)9-6-7-13(8-9)11(15)16-12(2,3)4/h9-10,14H,5-8H2,1-4H3/t9?,10-/m0/s1. The molecular formula is C12H23NO3. The molecule has 2 atom stereocenters. The summed E-state index contributed by atoms with van der Waals surface area (Å²) in [6.07, 6.45) is 1.05. The highest BCUT2D eigenvalue weighted by Crippen LogP contribution is 2.23. The van der Waals surface area contributed by atoms with Gasteiger partial charge in [0.2, 0.25) is 0 Å². The van der Waals surface area contributed by atoms with Crippen LogP contribution < -0.4 is 0 Å². The minimum atomic E-state index is -0.446. The molecule has 94 valence electrons. The molecule has 0 spiro atoms. The fourth-order valence-electron chi connectivity index (χ4n) is 1.93. The predicted octanol–water partition coefficient (Wildman–Crippen LogP) is 2.01. The summed E-state index contributed by atoms with van der Waals surface area (Å²) < 4.78 is 5.29. The van der Waals surface area contributed by atoms with Crippen molar-refractivity contribution in [2.45, 2.75) is 52.2 Å². The molecular weight excluding hydrogens is 206 g/mol. The highest BCUT2D eigenvalue weighted by Gasteiger charge is 2.32. The molecule has 0 radical (unpaired) electrons. The number of likely N-dealkylation sites (tertiary alicyclic amines) is 1. The van der Waals surface area contributed by atoms with Crippen molar-refractivity contribution in [2.75, 3.05) is 13.1 Å². The molecule has 0 saturated carbocycles. The molecule has 4 nitrogen and oxygen atoms in total. The summed E-state index contributed by atoms with van der Waals surface area (Å²) in [6.45, 7) is 8.85. The molecule has 0 aliphatic carbocycles. The van der Waals surface area contributed by atoms with Crippen molar-refractivity contribution in [1.29, 1.82) is 0 Å². The zero-order valence-corrected chi connectivity index (χ0v) is 10.7. The second-order valence-electron chi connectivity index (χ2n) is 5.45. The molecule has 16 heavy (non-hydrogen) atoms. The molecule has 1 aliphatic heterocycles. The molecule has 1 N–H and O–H groups in total. The van der Waals surface area contributed by atoms with Crippen LogP contribution in [0.1, 0.15) is 40.5 Å².